The summed E-state index contributed by atoms with van der Waals surface area (Å²) in [5.41, 5.74) is 11.9. The highest BCUT2D eigenvalue weighted by Crippen LogP contribution is 2.43. The first kappa shape index (κ1) is 35.4. The highest BCUT2D eigenvalue weighted by atomic mass is 15.2. The van der Waals surface area contributed by atoms with Crippen LogP contribution in [0.4, 0.5) is 0 Å². The van der Waals surface area contributed by atoms with Gasteiger partial charge in [0.25, 0.3) is 0 Å². The lowest BCUT2D eigenvalue weighted by Gasteiger charge is -2.12. The van der Waals surface area contributed by atoms with Crippen LogP contribution in [0.1, 0.15) is 0 Å². The molecule has 0 N–H and O–H groups in total. The molecular weight excluding hydrogens is 801 g/mol. The van der Waals surface area contributed by atoms with Crippen LogP contribution in [-0.4, -0.2) is 48.6 Å². The van der Waals surface area contributed by atoms with Crippen LogP contribution in [0, 0.1) is 0 Å². The molecule has 0 amide bonds. The van der Waals surface area contributed by atoms with Gasteiger partial charge in [0.2, 0.25) is 5.95 Å². The first-order valence-corrected chi connectivity index (χ1v) is 21.4. The Morgan fingerprint density at radius 2 is 0.892 bits per heavy atom. The fourth-order valence-electron chi connectivity index (χ4n) is 9.86. The Morgan fingerprint density at radius 3 is 1.57 bits per heavy atom. The normalized spacial score (nSPS) is 12.0. The Bertz CT molecular complexity index is 4160. The number of benzene rings is 6. The van der Waals surface area contributed by atoms with Crippen molar-refractivity contribution in [3.63, 3.8) is 0 Å². The number of pyridine rings is 4. The van der Waals surface area contributed by atoms with Crippen LogP contribution in [0.3, 0.4) is 0 Å². The second-order valence-corrected chi connectivity index (χ2v) is 16.3. The van der Waals surface area contributed by atoms with Gasteiger partial charge in [-0.05, 0) is 78.9 Å². The highest BCUT2D eigenvalue weighted by Gasteiger charge is 2.24. The van der Waals surface area contributed by atoms with Gasteiger partial charge in [0, 0.05) is 103 Å². The van der Waals surface area contributed by atoms with Crippen molar-refractivity contribution in [1.29, 1.82) is 0 Å². The lowest BCUT2D eigenvalue weighted by atomic mass is 10.1. The SMILES string of the molecule is c1ccc(-n2c3ccccc3c3cc(-n4c5ccccc5c5c4ccc4c6ccccc6n(-c6nc(-c7cnc8ccncc8c7)nc(-c7cnc8ccncc8c7)n6)c45)ccc32)cc1. The van der Waals surface area contributed by atoms with Crippen molar-refractivity contribution in [1.82, 2.24) is 48.6 Å². The molecule has 14 rings (SSSR count). The van der Waals surface area contributed by atoms with E-state index in [2.05, 4.69) is 157 Å². The Kier molecular flexibility index (Phi) is 7.46. The molecule has 14 aromatic rings. The molecule has 0 radical (unpaired) electrons. The smallest absolute Gasteiger partial charge is 0.238 e. The largest absolute Gasteiger partial charge is 0.309 e. The van der Waals surface area contributed by atoms with E-state index in [1.165, 1.54) is 16.3 Å². The monoisotopic (exact) mass is 832 g/mol. The third-order valence-electron chi connectivity index (χ3n) is 12.7. The van der Waals surface area contributed by atoms with E-state index in [0.29, 0.717) is 17.6 Å². The lowest BCUT2D eigenvalue weighted by Crippen LogP contribution is -2.07. The van der Waals surface area contributed by atoms with Crippen molar-refractivity contribution in [3.05, 3.63) is 195 Å². The van der Waals surface area contributed by atoms with Gasteiger partial charge in [0.05, 0.1) is 44.1 Å². The third kappa shape index (κ3) is 5.31. The fraction of sp³-hybridized carbons (Fsp3) is 0. The summed E-state index contributed by atoms with van der Waals surface area (Å²) in [7, 11) is 0. The summed E-state index contributed by atoms with van der Waals surface area (Å²) in [4.78, 5) is 34.1. The summed E-state index contributed by atoms with van der Waals surface area (Å²) < 4.78 is 6.96. The van der Waals surface area contributed by atoms with Crippen LogP contribution in [-0.2, 0) is 0 Å². The Balaban J connectivity index is 1.06. The molecule has 0 bridgehead atoms. The van der Waals surface area contributed by atoms with Crippen LogP contribution in [0.2, 0.25) is 0 Å². The van der Waals surface area contributed by atoms with Crippen molar-refractivity contribution in [3.8, 4) is 40.1 Å². The minimum atomic E-state index is 0.480. The van der Waals surface area contributed by atoms with E-state index >= 15 is 0 Å². The van der Waals surface area contributed by atoms with Crippen LogP contribution < -0.4 is 0 Å². The summed E-state index contributed by atoms with van der Waals surface area (Å²) >= 11 is 0. The first-order chi connectivity index (χ1) is 32.2. The topological polar surface area (TPSA) is 105 Å². The van der Waals surface area contributed by atoms with Gasteiger partial charge in [-0.3, -0.25) is 24.5 Å². The summed E-state index contributed by atoms with van der Waals surface area (Å²) in [5.74, 6) is 1.45. The van der Waals surface area contributed by atoms with Crippen molar-refractivity contribution in [2.45, 2.75) is 0 Å². The Hall–Kier alpha value is -9.15. The van der Waals surface area contributed by atoms with Gasteiger partial charge in [0.15, 0.2) is 11.6 Å². The van der Waals surface area contributed by atoms with Crippen molar-refractivity contribution in [2.75, 3.05) is 0 Å². The van der Waals surface area contributed by atoms with Gasteiger partial charge in [-0.2, -0.15) is 9.97 Å². The number of rotatable bonds is 5. The van der Waals surface area contributed by atoms with E-state index in [1.807, 2.05) is 49.1 Å². The Labute approximate surface area is 369 Å². The molecule has 0 saturated carbocycles. The molecule has 10 heteroatoms. The van der Waals surface area contributed by atoms with Crippen molar-refractivity contribution in [2.24, 2.45) is 0 Å². The zero-order chi connectivity index (χ0) is 42.6. The number of nitrogens with zero attached hydrogens (tertiary/aromatic N) is 10. The average molecular weight is 833 g/mol. The van der Waals surface area contributed by atoms with Gasteiger partial charge in [0.1, 0.15) is 0 Å². The lowest BCUT2D eigenvalue weighted by molar-refractivity contribution is 0.954. The maximum absolute atomic E-state index is 5.32. The molecule has 0 aliphatic carbocycles. The van der Waals surface area contributed by atoms with E-state index in [9.17, 15) is 0 Å². The molecule has 0 spiro atoms. The van der Waals surface area contributed by atoms with Crippen LogP contribution in [0.5, 0.6) is 0 Å². The maximum atomic E-state index is 5.32. The summed E-state index contributed by atoms with van der Waals surface area (Å²) in [5, 5.41) is 8.58. The summed E-state index contributed by atoms with van der Waals surface area (Å²) in [6, 6.07) is 55.7. The van der Waals surface area contributed by atoms with Crippen LogP contribution in [0.15, 0.2) is 195 Å². The van der Waals surface area contributed by atoms with Crippen molar-refractivity contribution >= 4 is 87.2 Å². The number of hydrogen-bond donors (Lipinski definition) is 0. The molecule has 302 valence electrons. The van der Waals surface area contributed by atoms with E-state index < -0.39 is 0 Å². The molecular formula is C55H32N10. The number of para-hydroxylation sites is 4. The van der Waals surface area contributed by atoms with Crippen LogP contribution >= 0.6 is 0 Å². The quantitative estimate of drug-likeness (QED) is 0.170. The van der Waals surface area contributed by atoms with Gasteiger partial charge in [-0.1, -0.05) is 78.9 Å². The molecule has 65 heavy (non-hydrogen) atoms. The maximum Gasteiger partial charge on any atom is 0.238 e. The highest BCUT2D eigenvalue weighted by molar-refractivity contribution is 6.26. The molecule has 0 aliphatic heterocycles. The zero-order valence-corrected chi connectivity index (χ0v) is 34.4. The predicted octanol–water partition coefficient (Wildman–Crippen LogP) is 12.4. The second kappa shape index (κ2) is 13.7. The summed E-state index contributed by atoms with van der Waals surface area (Å²) in [6.07, 6.45) is 10.8. The minimum absolute atomic E-state index is 0.480. The zero-order valence-electron chi connectivity index (χ0n) is 34.4. The molecule has 0 fully saturated rings. The number of hydrogen-bond acceptors (Lipinski definition) is 7. The third-order valence-corrected chi connectivity index (χ3v) is 12.7. The molecule has 8 heterocycles. The van der Waals surface area contributed by atoms with Gasteiger partial charge >= 0.3 is 0 Å². The van der Waals surface area contributed by atoms with Crippen molar-refractivity contribution < 1.29 is 0 Å². The molecule has 0 aliphatic rings. The number of aromatic nitrogens is 10. The predicted molar refractivity (Wildman–Crippen MR) is 260 cm³/mol. The van der Waals surface area contributed by atoms with Gasteiger partial charge in [-0.15, -0.1) is 0 Å². The summed E-state index contributed by atoms with van der Waals surface area (Å²) in [6.45, 7) is 0. The van der Waals surface area contributed by atoms with Gasteiger partial charge in [-0.25, -0.2) is 4.98 Å². The first-order valence-electron chi connectivity index (χ1n) is 21.4. The van der Waals surface area contributed by atoms with E-state index in [0.717, 1.165) is 93.4 Å². The molecule has 0 saturated heterocycles. The molecule has 0 unspecified atom stereocenters. The molecule has 6 aromatic carbocycles. The van der Waals surface area contributed by atoms with Gasteiger partial charge < -0.3 is 9.13 Å². The van der Waals surface area contributed by atoms with E-state index in [1.54, 1.807) is 12.4 Å². The van der Waals surface area contributed by atoms with Crippen LogP contribution in [0.25, 0.3) is 127 Å². The molecule has 0 atom stereocenters. The Morgan fingerprint density at radius 1 is 0.354 bits per heavy atom. The molecule has 8 aromatic heterocycles. The van der Waals surface area contributed by atoms with E-state index in [-0.39, 0.29) is 0 Å². The number of fused-ring (bicyclic) bond motifs is 12. The average Bonchev–Trinajstić information content (AvgIpc) is 4.02. The second-order valence-electron chi connectivity index (χ2n) is 16.3. The standard InChI is InChI=1S/C55H32N10/c1-2-10-37(11-3-1)63-46-15-7-5-13-40(46)43-28-38(18-20-49(43)63)64-48-17-9-6-14-42(48)51-50(64)21-19-41-39-12-4-8-16-47(39)65(52(41)51)55-61-53(35-26-33-29-56-24-22-44(33)58-31-35)60-54(62-55)36-27-34-30-57-25-23-45(34)59-32-36/h1-32H. The van der Waals surface area contributed by atoms with E-state index in [4.69, 9.17) is 24.9 Å². The molecule has 10 nitrogen and oxygen atoms in total. The fourth-order valence-corrected chi connectivity index (χ4v) is 9.86. The minimum Gasteiger partial charge on any atom is -0.309 e.